The van der Waals surface area contributed by atoms with E-state index in [1.165, 1.54) is 69.8 Å². The number of amides is 1. The van der Waals surface area contributed by atoms with Crippen LogP contribution in [0.2, 0.25) is 0 Å². The van der Waals surface area contributed by atoms with E-state index in [1.807, 2.05) is 13.8 Å². The highest BCUT2D eigenvalue weighted by Crippen LogP contribution is 2.45. The molecular weight excluding hydrogens is 711 g/mol. The van der Waals surface area contributed by atoms with Crippen LogP contribution in [0.15, 0.2) is 40.2 Å². The minimum atomic E-state index is -3.89. The van der Waals surface area contributed by atoms with Crippen LogP contribution >= 0.6 is 0 Å². The maximum absolute atomic E-state index is 12.8. The molecule has 1 aliphatic rings. The summed E-state index contributed by atoms with van der Waals surface area (Å²) in [6, 6.07) is 7.71. The number of fused-ring (bicyclic) bond motifs is 1. The van der Waals surface area contributed by atoms with E-state index in [0.29, 0.717) is 17.1 Å². The van der Waals surface area contributed by atoms with E-state index in [9.17, 15) is 13.2 Å². The van der Waals surface area contributed by atoms with Crippen molar-refractivity contribution in [3.05, 3.63) is 64.0 Å². The van der Waals surface area contributed by atoms with Crippen LogP contribution in [-0.4, -0.2) is 42.8 Å². The average Bonchev–Trinajstić information content (AvgIpc) is 3.10. The lowest BCUT2D eigenvalue weighted by atomic mass is 9.83. The number of carbonyl (C=O) groups is 1. The third-order valence-electron chi connectivity index (χ3n) is 11.0. The van der Waals surface area contributed by atoms with E-state index in [1.54, 1.807) is 32.0 Å². The van der Waals surface area contributed by atoms with Crippen molar-refractivity contribution in [1.29, 1.82) is 0 Å². The number of sulfonamides is 1. The fraction of sp³-hybridized carbons (Fsp3) is 0.591. The summed E-state index contributed by atoms with van der Waals surface area (Å²) in [6.07, 6.45) is 14.7. The number of aryl methyl sites for hydroxylation is 2. The number of benzene rings is 2. The molecule has 302 valence electrons. The number of aromatic nitrogens is 2. The first-order valence-electron chi connectivity index (χ1n) is 20.2. The lowest BCUT2D eigenvalue weighted by molar-refractivity contribution is -0.121. The summed E-state index contributed by atoms with van der Waals surface area (Å²) in [5.41, 5.74) is 5.81. The maximum Gasteiger partial charge on any atom is 0.264 e. The molecular formula is C44H65N5O5S. The Morgan fingerprint density at radius 1 is 0.891 bits per heavy atom. The molecule has 0 saturated carbocycles. The highest BCUT2D eigenvalue weighted by atomic mass is 32.2. The first kappa shape index (κ1) is 43.7. The molecule has 55 heavy (non-hydrogen) atoms. The summed E-state index contributed by atoms with van der Waals surface area (Å²) in [7, 11) is -3.89. The molecule has 3 unspecified atom stereocenters. The van der Waals surface area contributed by atoms with Crippen LogP contribution in [0.1, 0.15) is 132 Å². The van der Waals surface area contributed by atoms with E-state index in [0.717, 1.165) is 70.8 Å². The Bertz CT molecular complexity index is 1870. The number of carbonyl (C=O) groups excluding carboxylic acids is 1. The molecule has 0 spiro atoms. The topological polar surface area (TPSA) is 132 Å². The van der Waals surface area contributed by atoms with Crippen molar-refractivity contribution in [2.75, 3.05) is 11.3 Å². The summed E-state index contributed by atoms with van der Waals surface area (Å²) in [5, 5.41) is 2.64. The van der Waals surface area contributed by atoms with E-state index < -0.39 is 10.0 Å². The van der Waals surface area contributed by atoms with E-state index in [2.05, 4.69) is 66.5 Å². The van der Waals surface area contributed by atoms with Crippen LogP contribution in [0.5, 0.6) is 11.5 Å². The van der Waals surface area contributed by atoms with Crippen molar-refractivity contribution >= 4 is 33.9 Å². The van der Waals surface area contributed by atoms with Gasteiger partial charge in [0.2, 0.25) is 5.95 Å². The lowest BCUT2D eigenvalue weighted by Gasteiger charge is -2.38. The van der Waals surface area contributed by atoms with Crippen molar-refractivity contribution in [2.45, 2.75) is 150 Å². The van der Waals surface area contributed by atoms with Crippen molar-refractivity contribution in [3.63, 3.8) is 0 Å². The number of nitrogens with zero attached hydrogens (tertiary/aromatic N) is 3. The molecule has 0 bridgehead atoms. The van der Waals surface area contributed by atoms with Gasteiger partial charge in [-0.25, -0.2) is 28.1 Å². The van der Waals surface area contributed by atoms with Gasteiger partial charge < -0.3 is 14.8 Å². The molecule has 11 heteroatoms. The van der Waals surface area contributed by atoms with Gasteiger partial charge >= 0.3 is 0 Å². The maximum atomic E-state index is 12.8. The summed E-state index contributed by atoms with van der Waals surface area (Å²) in [5.74, 6) is 3.73. The third kappa shape index (κ3) is 13.0. The first-order valence-corrected chi connectivity index (χ1v) is 21.7. The molecule has 0 radical (unpaired) electrons. The predicted octanol–water partition coefficient (Wildman–Crippen LogP) is 10.2. The molecule has 0 fully saturated rings. The van der Waals surface area contributed by atoms with Crippen molar-refractivity contribution in [3.8, 4) is 11.5 Å². The Labute approximate surface area is 330 Å². The molecule has 0 saturated heterocycles. The molecule has 3 aromatic rings. The number of hydrogen-bond donors (Lipinski definition) is 2. The molecule has 2 aromatic carbocycles. The Hall–Kier alpha value is -3.99. The smallest absolute Gasteiger partial charge is 0.264 e. The van der Waals surface area contributed by atoms with Gasteiger partial charge in [-0.1, -0.05) is 72.6 Å². The van der Waals surface area contributed by atoms with Crippen molar-refractivity contribution < 1.29 is 22.7 Å². The highest BCUT2D eigenvalue weighted by molar-refractivity contribution is 7.92. The van der Waals surface area contributed by atoms with E-state index in [4.69, 9.17) is 9.47 Å². The number of anilines is 1. The minimum absolute atomic E-state index is 0.0150. The quantitative estimate of drug-likeness (QED) is 0.0863. The van der Waals surface area contributed by atoms with E-state index in [-0.39, 0.29) is 29.0 Å². The van der Waals surface area contributed by atoms with Crippen LogP contribution in [0, 0.1) is 52.4 Å². The van der Waals surface area contributed by atoms with Gasteiger partial charge in [-0.3, -0.25) is 4.79 Å². The van der Waals surface area contributed by atoms with Crippen molar-refractivity contribution in [1.82, 2.24) is 15.3 Å². The number of rotatable bonds is 20. The average molecular weight is 776 g/mol. The SMILES string of the molecule is Cc1cc(C)nc(NS(=O)(=O)c2ccc(N=CNC(=O)COc3c(C)c(C)c4c(c3C)CCC(C)(CCCC(C)CCCC(C)CCCC(C)C)O4)cc2)n1. The second-order valence-electron chi connectivity index (χ2n) is 16.6. The second kappa shape index (κ2) is 19.7. The van der Waals surface area contributed by atoms with Gasteiger partial charge in [-0.15, -0.1) is 0 Å². The van der Waals surface area contributed by atoms with Gasteiger partial charge in [0.15, 0.2) is 6.61 Å². The Morgan fingerprint density at radius 2 is 1.49 bits per heavy atom. The zero-order chi connectivity index (χ0) is 40.3. The molecule has 10 nitrogen and oxygen atoms in total. The van der Waals surface area contributed by atoms with Gasteiger partial charge in [0.25, 0.3) is 15.9 Å². The number of aliphatic imine (C=N–C) groups is 1. The highest BCUT2D eigenvalue weighted by Gasteiger charge is 2.34. The molecule has 2 N–H and O–H groups in total. The van der Waals surface area contributed by atoms with Crippen LogP contribution in [0.25, 0.3) is 0 Å². The fourth-order valence-corrected chi connectivity index (χ4v) is 8.44. The summed E-state index contributed by atoms with van der Waals surface area (Å²) < 4.78 is 41.0. The van der Waals surface area contributed by atoms with Crippen LogP contribution < -0.4 is 19.5 Å². The predicted molar refractivity (Wildman–Crippen MR) is 223 cm³/mol. The Kier molecular flexibility index (Phi) is 15.7. The Morgan fingerprint density at radius 3 is 2.11 bits per heavy atom. The number of hydrogen-bond acceptors (Lipinski definition) is 8. The molecule has 1 amide bonds. The van der Waals surface area contributed by atoms with Gasteiger partial charge in [-0.05, 0) is 132 Å². The minimum Gasteiger partial charge on any atom is -0.487 e. The number of ether oxygens (including phenoxy) is 2. The standard InChI is InChI=1S/C44H65N5O5S/c1-29(2)14-11-15-30(3)16-12-17-31(4)18-13-24-44(10)25-23-39-36(9)41(34(7)35(8)42(39)54-44)53-27-40(50)46-28-45-37-19-21-38(22-20-37)55(51,52)49-43-47-32(5)26-33(6)48-43/h19-22,26,28-31H,11-18,23-25,27H2,1-10H3,(H,45,46,50)(H,47,48,49). The van der Waals surface area contributed by atoms with Crippen LogP contribution in [0.3, 0.4) is 0 Å². The zero-order valence-corrected chi connectivity index (χ0v) is 35.8. The van der Waals surface area contributed by atoms with Gasteiger partial charge in [0, 0.05) is 17.0 Å². The molecule has 3 atom stereocenters. The molecule has 2 heterocycles. The fourth-order valence-electron chi connectivity index (χ4n) is 7.50. The Balaban J connectivity index is 1.24. The van der Waals surface area contributed by atoms with Crippen molar-refractivity contribution in [2.24, 2.45) is 22.7 Å². The largest absolute Gasteiger partial charge is 0.487 e. The zero-order valence-electron chi connectivity index (χ0n) is 35.0. The molecule has 0 aliphatic carbocycles. The number of nitrogens with one attached hydrogen (secondary N) is 2. The van der Waals surface area contributed by atoms with Gasteiger partial charge in [-0.2, -0.15) is 0 Å². The summed E-state index contributed by atoms with van der Waals surface area (Å²) >= 11 is 0. The van der Waals surface area contributed by atoms with Crippen LogP contribution in [0.4, 0.5) is 11.6 Å². The molecule has 4 rings (SSSR count). The molecule has 1 aliphatic heterocycles. The lowest BCUT2D eigenvalue weighted by Crippen LogP contribution is -2.37. The van der Waals surface area contributed by atoms with Crippen LogP contribution in [-0.2, 0) is 21.2 Å². The van der Waals surface area contributed by atoms with Gasteiger partial charge in [0.05, 0.1) is 16.9 Å². The molecule has 1 aromatic heterocycles. The summed E-state index contributed by atoms with van der Waals surface area (Å²) in [4.78, 5) is 25.3. The van der Waals surface area contributed by atoms with E-state index >= 15 is 0 Å². The second-order valence-corrected chi connectivity index (χ2v) is 18.3. The monoisotopic (exact) mass is 775 g/mol. The first-order chi connectivity index (χ1) is 26.0. The third-order valence-corrected chi connectivity index (χ3v) is 12.3. The van der Waals surface area contributed by atoms with Gasteiger partial charge in [0.1, 0.15) is 17.1 Å². The summed E-state index contributed by atoms with van der Waals surface area (Å²) in [6.45, 7) is 21.2. The normalized spacial score (nSPS) is 16.8.